The quantitative estimate of drug-likeness (QED) is 0.477. The summed E-state index contributed by atoms with van der Waals surface area (Å²) >= 11 is 0. The van der Waals surface area contributed by atoms with Crippen LogP contribution in [0.5, 0.6) is 0 Å². The number of carbonyl (C=O) groups excluding carboxylic acids is 1. The number of carbonyl (C=O) groups is 1. The van der Waals surface area contributed by atoms with E-state index in [1.54, 1.807) is 6.92 Å². The number of esters is 1. The van der Waals surface area contributed by atoms with Gasteiger partial charge < -0.3 is 14.6 Å². The predicted molar refractivity (Wildman–Crippen MR) is 95.1 cm³/mol. The number of aliphatic hydroxyl groups is 1. The molecule has 9 nitrogen and oxygen atoms in total. The number of hydrogen-bond acceptors (Lipinski definition) is 8. The lowest BCUT2D eigenvalue weighted by molar-refractivity contribution is -0.251. The normalized spacial score (nSPS) is 25.1. The second kappa shape index (κ2) is 6.82. The minimum Gasteiger partial charge on any atom is -0.479 e. The summed E-state index contributed by atoms with van der Waals surface area (Å²) in [6, 6.07) is 10.2. The Morgan fingerprint density at radius 2 is 1.93 bits per heavy atom. The van der Waals surface area contributed by atoms with Gasteiger partial charge in [-0.1, -0.05) is 30.3 Å². The van der Waals surface area contributed by atoms with Gasteiger partial charge >= 0.3 is 11.9 Å². The van der Waals surface area contributed by atoms with Gasteiger partial charge in [0.05, 0.1) is 0 Å². The van der Waals surface area contributed by atoms with Crippen LogP contribution in [-0.2, 0) is 14.3 Å². The Kier molecular flexibility index (Phi) is 4.35. The summed E-state index contributed by atoms with van der Waals surface area (Å²) in [6.45, 7) is 1.74. The van der Waals surface area contributed by atoms with E-state index in [1.807, 2.05) is 18.2 Å². The van der Waals surface area contributed by atoms with E-state index in [0.29, 0.717) is 24.6 Å². The molecule has 1 aromatic heterocycles. The third-order valence-electron chi connectivity index (χ3n) is 4.89. The van der Waals surface area contributed by atoms with Crippen molar-refractivity contribution in [3.8, 4) is 0 Å². The van der Waals surface area contributed by atoms with E-state index in [0.717, 1.165) is 12.8 Å². The molecule has 9 heteroatoms. The highest BCUT2D eigenvalue weighted by Gasteiger charge is 2.47. The first kappa shape index (κ1) is 17.2. The second-order valence-electron chi connectivity index (χ2n) is 6.76. The van der Waals surface area contributed by atoms with Crippen LogP contribution in [0, 0.1) is 6.92 Å². The topological polar surface area (TPSA) is 121 Å². The van der Waals surface area contributed by atoms with Crippen molar-refractivity contribution in [2.24, 2.45) is 0 Å². The molecule has 0 atom stereocenters. The zero-order chi connectivity index (χ0) is 18.9. The third kappa shape index (κ3) is 3.53. The van der Waals surface area contributed by atoms with Gasteiger partial charge in [0.1, 0.15) is 5.82 Å². The fourth-order valence-electron chi connectivity index (χ4n) is 3.50. The Bertz CT molecular complexity index is 856. The summed E-state index contributed by atoms with van der Waals surface area (Å²) in [7, 11) is 0. The molecule has 142 valence electrons. The van der Waals surface area contributed by atoms with Crippen molar-refractivity contribution in [1.29, 1.82) is 0 Å². The molecule has 1 fully saturated rings. The molecule has 2 heterocycles. The molecule has 0 unspecified atom stereocenters. The van der Waals surface area contributed by atoms with Gasteiger partial charge in [-0.05, 0) is 31.2 Å². The number of H-pyrrole nitrogens is 1. The van der Waals surface area contributed by atoms with Crippen LogP contribution in [0.3, 0.4) is 0 Å². The van der Waals surface area contributed by atoms with Crippen LogP contribution in [0.4, 0.5) is 5.95 Å². The molecule has 27 heavy (non-hydrogen) atoms. The van der Waals surface area contributed by atoms with Crippen LogP contribution in [0.1, 0.15) is 43.0 Å². The van der Waals surface area contributed by atoms with Gasteiger partial charge in [0, 0.05) is 12.8 Å². The second-order valence-corrected chi connectivity index (χ2v) is 6.76. The van der Waals surface area contributed by atoms with Crippen molar-refractivity contribution in [2.45, 2.75) is 44.3 Å². The Hall–Kier alpha value is -3.23. The first-order valence-corrected chi connectivity index (χ1v) is 8.86. The van der Waals surface area contributed by atoms with Gasteiger partial charge in [-0.15, -0.1) is 5.10 Å². The van der Waals surface area contributed by atoms with Gasteiger partial charge in [0.15, 0.2) is 0 Å². The number of benzene rings is 1. The Balaban J connectivity index is 1.41. The predicted octanol–water partition coefficient (Wildman–Crippen LogP) is 2.38. The molecule has 2 aromatic rings. The van der Waals surface area contributed by atoms with E-state index in [-0.39, 0.29) is 11.6 Å². The van der Waals surface area contributed by atoms with Gasteiger partial charge in [0.2, 0.25) is 5.70 Å². The zero-order valence-corrected chi connectivity index (χ0v) is 14.9. The van der Waals surface area contributed by atoms with Crippen molar-refractivity contribution < 1.29 is 19.4 Å². The molecule has 4 rings (SSSR count). The molecule has 0 amide bonds. The van der Waals surface area contributed by atoms with Crippen LogP contribution in [0.25, 0.3) is 0 Å². The molecule has 1 spiro atoms. The highest BCUT2D eigenvalue weighted by atomic mass is 16.8. The summed E-state index contributed by atoms with van der Waals surface area (Å²) < 4.78 is 11.2. The van der Waals surface area contributed by atoms with Crippen molar-refractivity contribution >= 4 is 11.9 Å². The van der Waals surface area contributed by atoms with Crippen molar-refractivity contribution in [1.82, 2.24) is 20.6 Å². The standard InChI is InChI=1S/C18H21N5O4/c1-11-19-17(22-20-11)23-21-14-15(24)26-18(27-16(14)25)9-7-13(8-10-18)12-5-3-2-4-6-12/h2-6,13,21,24H,7-10H2,1H3,(H2,19,20,22,23). The molecule has 1 aliphatic carbocycles. The highest BCUT2D eigenvalue weighted by Crippen LogP contribution is 2.43. The SMILES string of the molecule is Cc1nc(NNC2=C(O)OC3(CCC(c4ccccc4)CC3)OC2=O)n[nH]1. The van der Waals surface area contributed by atoms with Crippen LogP contribution >= 0.6 is 0 Å². The molecule has 1 aromatic carbocycles. The Labute approximate surface area is 155 Å². The van der Waals surface area contributed by atoms with E-state index in [9.17, 15) is 9.90 Å². The molecular weight excluding hydrogens is 350 g/mol. The van der Waals surface area contributed by atoms with E-state index in [4.69, 9.17) is 9.47 Å². The fraction of sp³-hybridized carbons (Fsp3) is 0.389. The number of nitrogens with zero attached hydrogens (tertiary/aromatic N) is 2. The minimum atomic E-state index is -1.11. The zero-order valence-electron chi connectivity index (χ0n) is 14.9. The van der Waals surface area contributed by atoms with Gasteiger partial charge in [0.25, 0.3) is 11.7 Å². The highest BCUT2D eigenvalue weighted by molar-refractivity contribution is 5.89. The first-order valence-electron chi connectivity index (χ1n) is 8.86. The summed E-state index contributed by atoms with van der Waals surface area (Å²) in [6.07, 6.45) is 2.65. The van der Waals surface area contributed by atoms with E-state index in [2.05, 4.69) is 38.2 Å². The molecule has 0 radical (unpaired) electrons. The number of aryl methyl sites for hydroxylation is 1. The largest absolute Gasteiger partial charge is 0.479 e. The third-order valence-corrected chi connectivity index (χ3v) is 4.89. The molecule has 2 aliphatic rings. The van der Waals surface area contributed by atoms with Crippen LogP contribution < -0.4 is 10.9 Å². The number of nitrogens with one attached hydrogen (secondary N) is 3. The number of hydrogen-bond donors (Lipinski definition) is 4. The Morgan fingerprint density at radius 1 is 1.19 bits per heavy atom. The average Bonchev–Trinajstić information content (AvgIpc) is 3.07. The van der Waals surface area contributed by atoms with Crippen molar-refractivity contribution in [3.05, 3.63) is 53.4 Å². The summed E-state index contributed by atoms with van der Waals surface area (Å²) in [5, 5.41) is 16.7. The summed E-state index contributed by atoms with van der Waals surface area (Å²) in [5.41, 5.74) is 6.21. The maximum Gasteiger partial charge on any atom is 0.367 e. The summed E-state index contributed by atoms with van der Waals surface area (Å²) in [5.74, 6) is -1.07. The lowest BCUT2D eigenvalue weighted by Gasteiger charge is -2.41. The van der Waals surface area contributed by atoms with Crippen LogP contribution in [0.15, 0.2) is 42.0 Å². The van der Waals surface area contributed by atoms with Gasteiger partial charge in [-0.25, -0.2) is 4.79 Å². The number of hydrazine groups is 1. The monoisotopic (exact) mass is 371 g/mol. The molecule has 0 bridgehead atoms. The fourth-order valence-corrected chi connectivity index (χ4v) is 3.50. The maximum atomic E-state index is 12.4. The number of aromatic amines is 1. The molecule has 0 saturated heterocycles. The van der Waals surface area contributed by atoms with Crippen molar-refractivity contribution in [2.75, 3.05) is 5.43 Å². The van der Waals surface area contributed by atoms with E-state index >= 15 is 0 Å². The smallest absolute Gasteiger partial charge is 0.367 e. The molecule has 4 N–H and O–H groups in total. The van der Waals surface area contributed by atoms with Crippen LogP contribution in [0.2, 0.25) is 0 Å². The lowest BCUT2D eigenvalue weighted by atomic mass is 9.81. The molecule has 1 saturated carbocycles. The van der Waals surface area contributed by atoms with E-state index < -0.39 is 17.7 Å². The molecular formula is C18H21N5O4. The van der Waals surface area contributed by atoms with Gasteiger partial charge in [-0.3, -0.25) is 16.0 Å². The Morgan fingerprint density at radius 3 is 2.56 bits per heavy atom. The van der Waals surface area contributed by atoms with Crippen molar-refractivity contribution in [3.63, 3.8) is 0 Å². The number of aliphatic hydroxyl groups excluding tert-OH is 1. The number of rotatable bonds is 4. The molecule has 1 aliphatic heterocycles. The number of ether oxygens (including phenoxy) is 2. The maximum absolute atomic E-state index is 12.4. The average molecular weight is 371 g/mol. The first-order chi connectivity index (χ1) is 13.0. The summed E-state index contributed by atoms with van der Waals surface area (Å²) in [4.78, 5) is 16.4. The number of aromatic nitrogens is 3. The minimum absolute atomic E-state index is 0.215. The number of anilines is 1. The lowest BCUT2D eigenvalue weighted by Crippen LogP contribution is -2.47. The van der Waals surface area contributed by atoms with E-state index in [1.165, 1.54) is 5.56 Å². The van der Waals surface area contributed by atoms with Crippen LogP contribution in [-0.4, -0.2) is 32.0 Å². The van der Waals surface area contributed by atoms with Gasteiger partial charge in [-0.2, -0.15) is 4.98 Å².